The summed E-state index contributed by atoms with van der Waals surface area (Å²) in [5.41, 5.74) is 6.61. The Morgan fingerprint density at radius 1 is 1.39 bits per heavy atom. The Hall–Kier alpha value is -2.87. The van der Waals surface area contributed by atoms with E-state index in [0.717, 1.165) is 18.2 Å². The van der Waals surface area contributed by atoms with Crippen LogP contribution in [0.4, 0.5) is 5.69 Å². The summed E-state index contributed by atoms with van der Waals surface area (Å²) in [6, 6.07) is 6.35. The van der Waals surface area contributed by atoms with Crippen molar-refractivity contribution in [1.82, 2.24) is 10.4 Å². The Morgan fingerprint density at radius 2 is 2.04 bits per heavy atom. The molecule has 1 aromatic carbocycles. The summed E-state index contributed by atoms with van der Waals surface area (Å²) >= 11 is 0. The monoisotopic (exact) mass is 319 g/mol. The van der Waals surface area contributed by atoms with E-state index < -0.39 is 29.8 Å². The van der Waals surface area contributed by atoms with Crippen molar-refractivity contribution in [1.29, 1.82) is 0 Å². The van der Waals surface area contributed by atoms with E-state index in [1.807, 2.05) is 0 Å². The number of methoxy groups -OCH3 is 1. The van der Waals surface area contributed by atoms with Crippen LogP contribution < -0.4 is 11.2 Å². The number of ketones is 1. The highest BCUT2D eigenvalue weighted by atomic mass is 16.5. The normalized spacial score (nSPS) is 20.2. The molecule has 0 fully saturated rings. The third-order valence-electron chi connectivity index (χ3n) is 3.49. The second-order valence-corrected chi connectivity index (χ2v) is 5.08. The van der Waals surface area contributed by atoms with Crippen LogP contribution in [-0.2, 0) is 14.3 Å². The molecule has 0 aliphatic carbocycles. The summed E-state index contributed by atoms with van der Waals surface area (Å²) in [5.74, 6) is -2.13. The van der Waals surface area contributed by atoms with Gasteiger partial charge in [-0.15, -0.1) is 0 Å². The molecule has 0 saturated heterocycles. The zero-order chi connectivity index (χ0) is 17.2. The average Bonchev–Trinajstić information content (AvgIpc) is 2.70. The van der Waals surface area contributed by atoms with Crippen LogP contribution in [0, 0.1) is 0 Å². The molecule has 1 unspecified atom stereocenters. The first kappa shape index (κ1) is 16.5. The predicted octanol–water partition coefficient (Wildman–Crippen LogP) is -0.0462. The van der Waals surface area contributed by atoms with E-state index in [2.05, 4.69) is 10.2 Å². The SMILES string of the molecule is COC(=O)CC1(O)C(=O)C=C(C)N1NC(=O)c1ccccc1N. The van der Waals surface area contributed by atoms with Gasteiger partial charge in [0.05, 0.1) is 12.7 Å². The predicted molar refractivity (Wildman–Crippen MR) is 80.5 cm³/mol. The number of carbonyl (C=O) groups is 3. The van der Waals surface area contributed by atoms with Gasteiger partial charge in [0.1, 0.15) is 6.42 Å². The van der Waals surface area contributed by atoms with Crippen molar-refractivity contribution in [3.63, 3.8) is 0 Å². The van der Waals surface area contributed by atoms with Crippen LogP contribution in [0.1, 0.15) is 23.7 Å². The second-order valence-electron chi connectivity index (χ2n) is 5.08. The van der Waals surface area contributed by atoms with Crippen molar-refractivity contribution in [2.24, 2.45) is 0 Å². The van der Waals surface area contributed by atoms with Crippen molar-refractivity contribution < 1.29 is 24.2 Å². The average molecular weight is 319 g/mol. The largest absolute Gasteiger partial charge is 0.469 e. The van der Waals surface area contributed by atoms with Crippen molar-refractivity contribution in [2.75, 3.05) is 12.8 Å². The van der Waals surface area contributed by atoms with Gasteiger partial charge >= 0.3 is 5.97 Å². The van der Waals surface area contributed by atoms with Crippen LogP contribution in [0.15, 0.2) is 36.0 Å². The van der Waals surface area contributed by atoms with Crippen molar-refractivity contribution in [2.45, 2.75) is 19.1 Å². The van der Waals surface area contributed by atoms with Crippen molar-refractivity contribution in [3.8, 4) is 0 Å². The molecule has 1 aromatic rings. The molecule has 23 heavy (non-hydrogen) atoms. The molecule has 4 N–H and O–H groups in total. The molecular formula is C15H17N3O5. The van der Waals surface area contributed by atoms with Gasteiger partial charge in [-0.05, 0) is 19.1 Å². The Labute approximate surface area is 132 Å². The van der Waals surface area contributed by atoms with E-state index in [1.165, 1.54) is 13.0 Å². The Balaban J connectivity index is 2.27. The minimum absolute atomic E-state index is 0.181. The fraction of sp³-hybridized carbons (Fsp3) is 0.267. The summed E-state index contributed by atoms with van der Waals surface area (Å²) in [5, 5.41) is 11.5. The number of esters is 1. The van der Waals surface area contributed by atoms with Crippen molar-refractivity contribution >= 4 is 23.3 Å². The first-order valence-corrected chi connectivity index (χ1v) is 6.77. The summed E-state index contributed by atoms with van der Waals surface area (Å²) < 4.78 is 4.48. The number of nitrogens with zero attached hydrogens (tertiary/aromatic N) is 1. The topological polar surface area (TPSA) is 122 Å². The molecular weight excluding hydrogens is 302 g/mol. The minimum Gasteiger partial charge on any atom is -0.469 e. The van der Waals surface area contributed by atoms with E-state index in [0.29, 0.717) is 0 Å². The van der Waals surface area contributed by atoms with Crippen LogP contribution in [0.3, 0.4) is 0 Å². The Bertz CT molecular complexity index is 700. The fourth-order valence-electron chi connectivity index (χ4n) is 2.26. The van der Waals surface area contributed by atoms with E-state index in [4.69, 9.17) is 5.73 Å². The van der Waals surface area contributed by atoms with Crippen LogP contribution >= 0.6 is 0 Å². The molecule has 1 heterocycles. The lowest BCUT2D eigenvalue weighted by Gasteiger charge is -2.34. The number of nitrogens with two attached hydrogens (primary N) is 1. The quantitative estimate of drug-likeness (QED) is 0.525. The number of hydrazine groups is 1. The van der Waals surface area contributed by atoms with Gasteiger partial charge in [-0.2, -0.15) is 0 Å². The second kappa shape index (κ2) is 6.09. The fourth-order valence-corrected chi connectivity index (χ4v) is 2.26. The van der Waals surface area contributed by atoms with Gasteiger partial charge in [0.15, 0.2) is 0 Å². The van der Waals surface area contributed by atoms with E-state index >= 15 is 0 Å². The maximum Gasteiger partial charge on any atom is 0.310 e. The van der Waals surface area contributed by atoms with Crippen LogP contribution in [0.2, 0.25) is 0 Å². The zero-order valence-electron chi connectivity index (χ0n) is 12.7. The van der Waals surface area contributed by atoms with Crippen LogP contribution in [0.25, 0.3) is 0 Å². The number of para-hydroxylation sites is 1. The number of rotatable bonds is 4. The van der Waals surface area contributed by atoms with Gasteiger partial charge in [0.2, 0.25) is 11.5 Å². The molecule has 0 radical (unpaired) electrons. The summed E-state index contributed by atoms with van der Waals surface area (Å²) in [4.78, 5) is 35.8. The van der Waals surface area contributed by atoms with E-state index in [1.54, 1.807) is 18.2 Å². The molecule has 1 atom stereocenters. The smallest absolute Gasteiger partial charge is 0.310 e. The number of ether oxygens (including phenoxy) is 1. The van der Waals surface area contributed by atoms with Gasteiger partial charge in [0, 0.05) is 17.5 Å². The molecule has 0 aromatic heterocycles. The lowest BCUT2D eigenvalue weighted by Crippen LogP contribution is -2.58. The number of amides is 1. The molecule has 0 saturated carbocycles. The number of allylic oxidation sites excluding steroid dienone is 1. The molecule has 2 rings (SSSR count). The minimum atomic E-state index is -2.23. The van der Waals surface area contributed by atoms with Crippen molar-refractivity contribution in [3.05, 3.63) is 41.6 Å². The molecule has 8 nitrogen and oxygen atoms in total. The first-order chi connectivity index (χ1) is 10.8. The number of nitrogens with one attached hydrogen (secondary N) is 1. The number of anilines is 1. The third kappa shape index (κ3) is 3.02. The molecule has 1 aliphatic heterocycles. The lowest BCUT2D eigenvalue weighted by atomic mass is 10.1. The number of benzene rings is 1. The standard InChI is InChI=1S/C15H17N3O5/c1-9-7-12(19)15(22,8-13(20)23-2)18(9)17-14(21)10-5-3-4-6-11(10)16/h3-7,22H,8,16H2,1-2H3,(H,17,21). The summed E-state index contributed by atoms with van der Waals surface area (Å²) in [6.07, 6.45) is 0.512. The highest BCUT2D eigenvalue weighted by Crippen LogP contribution is 2.29. The molecule has 8 heteroatoms. The maximum absolute atomic E-state index is 12.3. The highest BCUT2D eigenvalue weighted by Gasteiger charge is 2.49. The summed E-state index contributed by atoms with van der Waals surface area (Å²) in [7, 11) is 1.14. The van der Waals surface area contributed by atoms with Crippen LogP contribution in [0.5, 0.6) is 0 Å². The highest BCUT2D eigenvalue weighted by molar-refractivity contribution is 6.03. The lowest BCUT2D eigenvalue weighted by molar-refractivity contribution is -0.166. The van der Waals surface area contributed by atoms with Crippen LogP contribution in [-0.4, -0.2) is 40.6 Å². The number of nitrogen functional groups attached to an aromatic ring is 1. The zero-order valence-corrected chi connectivity index (χ0v) is 12.7. The summed E-state index contributed by atoms with van der Waals surface area (Å²) in [6.45, 7) is 1.52. The number of hydrogen-bond acceptors (Lipinski definition) is 7. The first-order valence-electron chi connectivity index (χ1n) is 6.77. The van der Waals surface area contributed by atoms with Gasteiger partial charge in [-0.25, -0.2) is 0 Å². The number of carbonyl (C=O) groups excluding carboxylic acids is 3. The van der Waals surface area contributed by atoms with E-state index in [9.17, 15) is 19.5 Å². The Morgan fingerprint density at radius 3 is 2.65 bits per heavy atom. The molecule has 0 spiro atoms. The molecule has 1 aliphatic rings. The van der Waals surface area contributed by atoms with Gasteiger partial charge in [0.25, 0.3) is 5.91 Å². The number of hydrogen-bond donors (Lipinski definition) is 3. The maximum atomic E-state index is 12.3. The van der Waals surface area contributed by atoms with Gasteiger partial charge < -0.3 is 15.6 Å². The molecule has 0 bridgehead atoms. The Kier molecular flexibility index (Phi) is 4.37. The molecule has 122 valence electrons. The van der Waals surface area contributed by atoms with E-state index in [-0.39, 0.29) is 16.9 Å². The number of aliphatic hydroxyl groups is 1. The third-order valence-corrected chi connectivity index (χ3v) is 3.49. The van der Waals surface area contributed by atoms with Gasteiger partial charge in [-0.1, -0.05) is 12.1 Å². The van der Waals surface area contributed by atoms with Gasteiger partial charge in [-0.3, -0.25) is 24.8 Å². The molecule has 1 amide bonds.